The molecule has 1 aromatic heterocycles. The van der Waals surface area contributed by atoms with Gasteiger partial charge in [0.05, 0.1) is 13.2 Å². The fourth-order valence-electron chi connectivity index (χ4n) is 5.29. The van der Waals surface area contributed by atoms with E-state index in [1.54, 1.807) is 18.2 Å². The number of amides is 3. The number of imide groups is 1. The summed E-state index contributed by atoms with van der Waals surface area (Å²) in [5, 5.41) is 5.92. The van der Waals surface area contributed by atoms with Crippen LogP contribution in [-0.4, -0.2) is 54.9 Å². The minimum atomic E-state index is -4.56. The van der Waals surface area contributed by atoms with Crippen molar-refractivity contribution in [3.63, 3.8) is 0 Å². The Kier molecular flexibility index (Phi) is 6.53. The number of nitrogens with zero attached hydrogens (tertiary/aromatic N) is 5. The zero-order chi connectivity index (χ0) is 28.0. The molecule has 3 amide bonds. The number of alkyl halides is 3. The molecule has 0 radical (unpaired) electrons. The van der Waals surface area contributed by atoms with E-state index in [2.05, 4.69) is 15.4 Å². The average Bonchev–Trinajstić information content (AvgIpc) is 3.50. The zero-order valence-corrected chi connectivity index (χ0v) is 21.3. The van der Waals surface area contributed by atoms with E-state index in [-0.39, 0.29) is 38.1 Å². The summed E-state index contributed by atoms with van der Waals surface area (Å²) >= 11 is 0. The smallest absolute Gasteiger partial charge is 0.453 e. The average molecular weight is 555 g/mol. The molecule has 40 heavy (non-hydrogen) atoms. The van der Waals surface area contributed by atoms with E-state index in [9.17, 15) is 27.6 Å². The summed E-state index contributed by atoms with van der Waals surface area (Å²) in [5.41, 5.74) is 3.09. The molecule has 208 valence electrons. The van der Waals surface area contributed by atoms with Gasteiger partial charge in [0.15, 0.2) is 0 Å². The Hall–Kier alpha value is -4.26. The number of nitrogens with one attached hydrogen (secondary N) is 1. The van der Waals surface area contributed by atoms with E-state index in [1.807, 2.05) is 29.2 Å². The van der Waals surface area contributed by atoms with Crippen LogP contribution in [0.5, 0.6) is 5.75 Å². The van der Waals surface area contributed by atoms with E-state index >= 15 is 0 Å². The second-order valence-electron chi connectivity index (χ2n) is 10.1. The maximum Gasteiger partial charge on any atom is 0.453 e. The van der Waals surface area contributed by atoms with E-state index in [4.69, 9.17) is 4.74 Å². The normalized spacial score (nSPS) is 19.4. The molecule has 1 atom stereocenters. The fraction of sp³-hybridized carbons (Fsp3) is 0.370. The van der Waals surface area contributed by atoms with Crippen LogP contribution in [0, 0.1) is 0 Å². The molecule has 1 fully saturated rings. The highest BCUT2D eigenvalue weighted by molar-refractivity contribution is 6.05. The summed E-state index contributed by atoms with van der Waals surface area (Å²) in [7, 11) is 0. The third kappa shape index (κ3) is 5.04. The van der Waals surface area contributed by atoms with Crippen molar-refractivity contribution in [3.05, 3.63) is 76.4 Å². The number of benzene rings is 2. The van der Waals surface area contributed by atoms with Gasteiger partial charge in [-0.2, -0.15) is 13.2 Å². The summed E-state index contributed by atoms with van der Waals surface area (Å²) in [6, 6.07) is 12.3. The molecule has 3 aliphatic rings. The predicted molar refractivity (Wildman–Crippen MR) is 132 cm³/mol. The van der Waals surface area contributed by atoms with E-state index < -0.39 is 23.9 Å². The van der Waals surface area contributed by atoms with Gasteiger partial charge in [-0.3, -0.25) is 24.6 Å². The van der Waals surface area contributed by atoms with Crippen LogP contribution < -0.4 is 10.1 Å². The molecule has 0 aliphatic carbocycles. The summed E-state index contributed by atoms with van der Waals surface area (Å²) in [5.74, 6) is -1.27. The molecule has 0 bridgehead atoms. The number of halogens is 3. The van der Waals surface area contributed by atoms with Gasteiger partial charge < -0.3 is 9.64 Å². The molecule has 2 aromatic carbocycles. The molecule has 0 spiro atoms. The van der Waals surface area contributed by atoms with Gasteiger partial charge in [0.2, 0.25) is 11.8 Å². The number of carbonyl (C=O) groups is 3. The number of aromatic nitrogens is 3. The van der Waals surface area contributed by atoms with Crippen molar-refractivity contribution >= 4 is 17.7 Å². The van der Waals surface area contributed by atoms with Crippen molar-refractivity contribution in [1.29, 1.82) is 0 Å². The first-order valence-corrected chi connectivity index (χ1v) is 12.9. The Labute approximate surface area is 226 Å². The lowest BCUT2D eigenvalue weighted by Gasteiger charge is -2.29. The predicted octanol–water partition coefficient (Wildman–Crippen LogP) is 2.65. The SMILES string of the molecule is O=C1CC[C@H](N2Cc3c(OCc4ccc(CN5CCc6nc(C(F)(F)F)nn6C5)cc4)cccc3C2=O)C(=O)N1. The highest BCUT2D eigenvalue weighted by Crippen LogP contribution is 2.34. The number of carbonyl (C=O) groups excluding carboxylic acids is 3. The summed E-state index contributed by atoms with van der Waals surface area (Å²) < 4.78 is 46.1. The van der Waals surface area contributed by atoms with Crippen LogP contribution in [0.1, 0.15) is 51.5 Å². The number of hydrogen-bond donors (Lipinski definition) is 1. The number of hydrogen-bond acceptors (Lipinski definition) is 7. The first-order chi connectivity index (χ1) is 19.2. The Morgan fingerprint density at radius 1 is 1.02 bits per heavy atom. The lowest BCUT2D eigenvalue weighted by atomic mass is 10.0. The standard InChI is InChI=1S/C27H25F3N6O4/c28-27(29,30)26-31-22-10-11-34(15-36(22)33-26)12-16-4-6-17(7-5-16)14-40-21-3-1-2-18-19(21)13-35(25(18)39)20-8-9-23(37)32-24(20)38/h1-7,20H,8-15H2,(H,32,37,38)/t20-/m0/s1. The summed E-state index contributed by atoms with van der Waals surface area (Å²) in [6.45, 7) is 1.84. The minimum absolute atomic E-state index is 0.189. The van der Waals surface area contributed by atoms with Gasteiger partial charge in [0.25, 0.3) is 11.7 Å². The van der Waals surface area contributed by atoms with Gasteiger partial charge in [0, 0.05) is 37.1 Å². The molecule has 3 aromatic rings. The van der Waals surface area contributed by atoms with Gasteiger partial charge >= 0.3 is 6.18 Å². The van der Waals surface area contributed by atoms with Gasteiger partial charge in [-0.25, -0.2) is 9.67 Å². The Morgan fingerprint density at radius 2 is 1.80 bits per heavy atom. The van der Waals surface area contributed by atoms with Crippen LogP contribution in [0.2, 0.25) is 0 Å². The Bertz CT molecular complexity index is 1490. The fourth-order valence-corrected chi connectivity index (χ4v) is 5.29. The molecule has 1 saturated heterocycles. The zero-order valence-electron chi connectivity index (χ0n) is 21.3. The molecular weight excluding hydrogens is 529 g/mol. The quantitative estimate of drug-likeness (QED) is 0.467. The maximum atomic E-state index is 13.0. The van der Waals surface area contributed by atoms with Crippen LogP contribution in [0.4, 0.5) is 13.2 Å². The maximum absolute atomic E-state index is 13.0. The number of piperidine rings is 1. The largest absolute Gasteiger partial charge is 0.489 e. The van der Waals surface area contributed by atoms with Crippen LogP contribution in [0.3, 0.4) is 0 Å². The molecule has 3 aliphatic heterocycles. The third-order valence-electron chi connectivity index (χ3n) is 7.35. The Morgan fingerprint density at radius 3 is 2.55 bits per heavy atom. The van der Waals surface area contributed by atoms with E-state index in [0.717, 1.165) is 11.1 Å². The molecule has 13 heteroatoms. The summed E-state index contributed by atoms with van der Waals surface area (Å²) in [4.78, 5) is 43.9. The molecule has 10 nitrogen and oxygen atoms in total. The molecular formula is C27H25F3N6O4. The van der Waals surface area contributed by atoms with Crippen molar-refractivity contribution < 1.29 is 32.3 Å². The first kappa shape index (κ1) is 26.0. The highest BCUT2D eigenvalue weighted by Gasteiger charge is 2.40. The topological polar surface area (TPSA) is 110 Å². The van der Waals surface area contributed by atoms with Gasteiger partial charge in [-0.15, -0.1) is 5.10 Å². The molecule has 6 rings (SSSR count). The highest BCUT2D eigenvalue weighted by atomic mass is 19.4. The lowest BCUT2D eigenvalue weighted by Crippen LogP contribution is -2.52. The molecule has 4 heterocycles. The van der Waals surface area contributed by atoms with Crippen LogP contribution in [0.15, 0.2) is 42.5 Å². The minimum Gasteiger partial charge on any atom is -0.489 e. The molecule has 0 saturated carbocycles. The van der Waals surface area contributed by atoms with Crippen LogP contribution in [0.25, 0.3) is 0 Å². The third-order valence-corrected chi connectivity index (χ3v) is 7.35. The van der Waals surface area contributed by atoms with Gasteiger partial charge in [-0.1, -0.05) is 30.3 Å². The number of fused-ring (bicyclic) bond motifs is 2. The number of rotatable bonds is 6. The van der Waals surface area contributed by atoms with Crippen molar-refractivity contribution in [1.82, 2.24) is 29.9 Å². The molecule has 1 N–H and O–H groups in total. The Balaban J connectivity index is 1.07. The second-order valence-corrected chi connectivity index (χ2v) is 10.1. The van der Waals surface area contributed by atoms with E-state index in [1.165, 1.54) is 9.58 Å². The van der Waals surface area contributed by atoms with Crippen LogP contribution >= 0.6 is 0 Å². The second kappa shape index (κ2) is 10.0. The monoisotopic (exact) mass is 554 g/mol. The van der Waals surface area contributed by atoms with Gasteiger partial charge in [-0.05, 0) is 29.7 Å². The van der Waals surface area contributed by atoms with Crippen molar-refractivity contribution in [2.45, 2.75) is 57.8 Å². The van der Waals surface area contributed by atoms with Crippen molar-refractivity contribution in [2.24, 2.45) is 0 Å². The van der Waals surface area contributed by atoms with Gasteiger partial charge in [0.1, 0.15) is 24.2 Å². The number of ether oxygens (including phenoxy) is 1. The summed E-state index contributed by atoms with van der Waals surface area (Å²) in [6.07, 6.45) is -3.69. The van der Waals surface area contributed by atoms with Crippen LogP contribution in [-0.2, 0) is 48.6 Å². The van der Waals surface area contributed by atoms with E-state index in [0.29, 0.717) is 48.6 Å². The molecule has 0 unspecified atom stereocenters. The first-order valence-electron chi connectivity index (χ1n) is 12.9. The van der Waals surface area contributed by atoms with Crippen molar-refractivity contribution in [3.8, 4) is 5.75 Å². The van der Waals surface area contributed by atoms with Crippen molar-refractivity contribution in [2.75, 3.05) is 6.54 Å². The lowest BCUT2D eigenvalue weighted by molar-refractivity contribution is -0.145.